The number of carbonyl (C=O) groups excluding carboxylic acids is 1. The molecule has 0 unspecified atom stereocenters. The van der Waals surface area contributed by atoms with Gasteiger partial charge < -0.3 is 5.32 Å². The van der Waals surface area contributed by atoms with Crippen molar-refractivity contribution >= 4 is 11.6 Å². The van der Waals surface area contributed by atoms with Gasteiger partial charge in [-0.05, 0) is 11.1 Å². The van der Waals surface area contributed by atoms with Crippen LogP contribution in [0.15, 0.2) is 84.9 Å². The molecule has 3 rings (SSSR count). The fraction of sp³-hybridized carbons (Fsp3) is 0.136. The van der Waals surface area contributed by atoms with Gasteiger partial charge in [-0.15, -0.1) is 0 Å². The third-order valence-corrected chi connectivity index (χ3v) is 4.45. The molecule has 3 aromatic carbocycles. The minimum atomic E-state index is -0.459. The fourth-order valence-electron chi connectivity index (χ4n) is 3.09. The number of nitrogens with zero attached hydrogens (tertiary/aromatic N) is 1. The van der Waals surface area contributed by atoms with Gasteiger partial charge >= 0.3 is 0 Å². The monoisotopic (exact) mass is 360 g/mol. The Morgan fingerprint density at radius 3 is 1.93 bits per heavy atom. The number of benzene rings is 3. The quantitative estimate of drug-likeness (QED) is 0.510. The van der Waals surface area contributed by atoms with E-state index in [-0.39, 0.29) is 23.9 Å². The number of carbonyl (C=O) groups is 1. The molecule has 0 saturated heterocycles. The van der Waals surface area contributed by atoms with Gasteiger partial charge in [0.2, 0.25) is 5.91 Å². The van der Waals surface area contributed by atoms with Crippen molar-refractivity contribution in [1.29, 1.82) is 0 Å². The van der Waals surface area contributed by atoms with Gasteiger partial charge in [-0.1, -0.05) is 78.9 Å². The third kappa shape index (κ3) is 4.79. The minimum Gasteiger partial charge on any atom is -0.355 e. The molecule has 0 atom stereocenters. The van der Waals surface area contributed by atoms with Crippen LogP contribution in [-0.2, 0) is 11.2 Å². The van der Waals surface area contributed by atoms with Gasteiger partial charge in [-0.3, -0.25) is 14.9 Å². The van der Waals surface area contributed by atoms with E-state index in [0.29, 0.717) is 12.1 Å². The summed E-state index contributed by atoms with van der Waals surface area (Å²) in [6.45, 7) is 0.424. The zero-order valence-electron chi connectivity index (χ0n) is 14.7. The maximum Gasteiger partial charge on any atom is 0.273 e. The Kier molecular flexibility index (Phi) is 5.94. The first-order valence-electron chi connectivity index (χ1n) is 8.74. The normalized spacial score (nSPS) is 10.6. The maximum absolute atomic E-state index is 12.4. The van der Waals surface area contributed by atoms with Crippen molar-refractivity contribution in [2.24, 2.45) is 0 Å². The molecule has 0 saturated carbocycles. The molecule has 0 aliphatic rings. The number of nitro benzene ring substituents is 1. The molecule has 0 bridgehead atoms. The number of hydrogen-bond donors (Lipinski definition) is 1. The Balaban J connectivity index is 1.73. The predicted molar refractivity (Wildman–Crippen MR) is 105 cm³/mol. The molecule has 0 aliphatic carbocycles. The highest BCUT2D eigenvalue weighted by Gasteiger charge is 2.18. The molecule has 1 amide bonds. The Bertz CT molecular complexity index is 872. The molecule has 5 heteroatoms. The summed E-state index contributed by atoms with van der Waals surface area (Å²) in [5.74, 6) is -0.219. The van der Waals surface area contributed by atoms with Crippen molar-refractivity contribution in [3.63, 3.8) is 0 Å². The second-order valence-electron chi connectivity index (χ2n) is 6.24. The van der Waals surface area contributed by atoms with Crippen LogP contribution in [0.3, 0.4) is 0 Å². The van der Waals surface area contributed by atoms with Crippen LogP contribution in [0.1, 0.15) is 22.6 Å². The van der Waals surface area contributed by atoms with Crippen molar-refractivity contribution in [3.8, 4) is 0 Å². The lowest BCUT2D eigenvalue weighted by Crippen LogP contribution is -2.30. The van der Waals surface area contributed by atoms with Gasteiger partial charge in [0.1, 0.15) is 0 Å². The Morgan fingerprint density at radius 2 is 1.37 bits per heavy atom. The van der Waals surface area contributed by atoms with Crippen LogP contribution < -0.4 is 5.32 Å². The molecule has 0 radical (unpaired) electrons. The summed E-state index contributed by atoms with van der Waals surface area (Å²) in [6, 6.07) is 26.3. The molecular formula is C22H20N2O3. The molecular weight excluding hydrogens is 340 g/mol. The Labute approximate surface area is 157 Å². The van der Waals surface area contributed by atoms with Crippen molar-refractivity contribution in [2.45, 2.75) is 12.3 Å². The SMILES string of the molecule is O=C(Cc1ccccc1[N+](=O)[O-])NCC(c1ccccc1)c1ccccc1. The fourth-order valence-corrected chi connectivity index (χ4v) is 3.09. The summed E-state index contributed by atoms with van der Waals surface area (Å²) in [5.41, 5.74) is 2.59. The van der Waals surface area contributed by atoms with Gasteiger partial charge in [0.25, 0.3) is 5.69 Å². The zero-order chi connectivity index (χ0) is 19.1. The number of nitro groups is 1. The summed E-state index contributed by atoms with van der Waals surface area (Å²) in [5, 5.41) is 14.0. The molecule has 0 aromatic heterocycles. The first-order chi connectivity index (χ1) is 13.1. The number of amides is 1. The minimum absolute atomic E-state index is 0.0158. The maximum atomic E-state index is 12.4. The van der Waals surface area contributed by atoms with Crippen LogP contribution in [0.4, 0.5) is 5.69 Å². The van der Waals surface area contributed by atoms with Gasteiger partial charge in [0.05, 0.1) is 11.3 Å². The lowest BCUT2D eigenvalue weighted by Gasteiger charge is -2.19. The molecule has 0 aliphatic heterocycles. The highest BCUT2D eigenvalue weighted by molar-refractivity contribution is 5.79. The number of hydrogen-bond acceptors (Lipinski definition) is 3. The lowest BCUT2D eigenvalue weighted by atomic mass is 9.91. The van der Waals surface area contributed by atoms with E-state index in [1.807, 2.05) is 60.7 Å². The average Bonchev–Trinajstić information content (AvgIpc) is 2.70. The summed E-state index contributed by atoms with van der Waals surface area (Å²) in [7, 11) is 0. The van der Waals surface area contributed by atoms with Crippen LogP contribution in [0, 0.1) is 10.1 Å². The molecule has 5 nitrogen and oxygen atoms in total. The standard InChI is InChI=1S/C22H20N2O3/c25-22(15-19-13-7-8-14-21(19)24(26)27)23-16-20(17-9-3-1-4-10-17)18-11-5-2-6-12-18/h1-14,20H,15-16H2,(H,23,25). The second-order valence-corrected chi connectivity index (χ2v) is 6.24. The largest absolute Gasteiger partial charge is 0.355 e. The first-order valence-corrected chi connectivity index (χ1v) is 8.74. The molecule has 0 heterocycles. The molecule has 136 valence electrons. The van der Waals surface area contributed by atoms with Crippen LogP contribution in [-0.4, -0.2) is 17.4 Å². The predicted octanol–water partition coefficient (Wildman–Crippen LogP) is 4.09. The van der Waals surface area contributed by atoms with Crippen molar-refractivity contribution in [3.05, 3.63) is 112 Å². The first kappa shape index (κ1) is 18.3. The van der Waals surface area contributed by atoms with Crippen LogP contribution in [0.5, 0.6) is 0 Å². The third-order valence-electron chi connectivity index (χ3n) is 4.45. The number of para-hydroxylation sites is 1. The van der Waals surface area contributed by atoms with E-state index < -0.39 is 4.92 Å². The van der Waals surface area contributed by atoms with Gasteiger partial charge in [0.15, 0.2) is 0 Å². The van der Waals surface area contributed by atoms with Gasteiger partial charge in [-0.25, -0.2) is 0 Å². The smallest absolute Gasteiger partial charge is 0.273 e. The highest BCUT2D eigenvalue weighted by Crippen LogP contribution is 2.24. The van der Waals surface area contributed by atoms with Gasteiger partial charge in [0, 0.05) is 24.1 Å². The topological polar surface area (TPSA) is 72.2 Å². The average molecular weight is 360 g/mol. The highest BCUT2D eigenvalue weighted by atomic mass is 16.6. The van der Waals surface area contributed by atoms with Crippen LogP contribution in [0.25, 0.3) is 0 Å². The Morgan fingerprint density at radius 1 is 0.852 bits per heavy atom. The van der Waals surface area contributed by atoms with E-state index in [0.717, 1.165) is 11.1 Å². The van der Waals surface area contributed by atoms with Crippen molar-refractivity contribution in [1.82, 2.24) is 5.32 Å². The number of nitrogens with one attached hydrogen (secondary N) is 1. The summed E-state index contributed by atoms with van der Waals surface area (Å²) in [6.07, 6.45) is -0.0204. The van der Waals surface area contributed by atoms with Crippen LogP contribution >= 0.6 is 0 Å². The molecule has 27 heavy (non-hydrogen) atoms. The van der Waals surface area contributed by atoms with Crippen molar-refractivity contribution in [2.75, 3.05) is 6.54 Å². The zero-order valence-corrected chi connectivity index (χ0v) is 14.7. The van der Waals surface area contributed by atoms with E-state index >= 15 is 0 Å². The summed E-state index contributed by atoms with van der Waals surface area (Å²) < 4.78 is 0. The molecule has 0 fully saturated rings. The summed E-state index contributed by atoms with van der Waals surface area (Å²) >= 11 is 0. The van der Waals surface area contributed by atoms with Crippen molar-refractivity contribution < 1.29 is 9.72 Å². The molecule has 1 N–H and O–H groups in total. The van der Waals surface area contributed by atoms with Gasteiger partial charge in [-0.2, -0.15) is 0 Å². The molecule has 0 spiro atoms. The summed E-state index contributed by atoms with van der Waals surface area (Å²) in [4.78, 5) is 23.1. The van der Waals surface area contributed by atoms with E-state index in [9.17, 15) is 14.9 Å². The van der Waals surface area contributed by atoms with E-state index in [4.69, 9.17) is 0 Å². The van der Waals surface area contributed by atoms with E-state index in [2.05, 4.69) is 5.32 Å². The van der Waals surface area contributed by atoms with Crippen LogP contribution in [0.2, 0.25) is 0 Å². The van der Waals surface area contributed by atoms with E-state index in [1.54, 1.807) is 18.2 Å². The molecule has 3 aromatic rings. The lowest BCUT2D eigenvalue weighted by molar-refractivity contribution is -0.385. The number of rotatable bonds is 7. The Hall–Kier alpha value is -3.47. The van der Waals surface area contributed by atoms with E-state index in [1.165, 1.54) is 6.07 Å². The second kappa shape index (κ2) is 8.76.